The minimum absolute atomic E-state index is 0. The van der Waals surface area contributed by atoms with Gasteiger partial charge in [-0.25, -0.2) is 0 Å². The molecule has 0 saturated carbocycles. The highest BCUT2D eigenvalue weighted by Gasteiger charge is 2.07. The molecule has 0 saturated heterocycles. The number of H-pyrrole nitrogens is 1. The van der Waals surface area contributed by atoms with Crippen molar-refractivity contribution < 1.29 is 9.47 Å². The number of methoxy groups -OCH3 is 2. The number of aryl methyl sites for hydroxylation is 1. The number of nitrogens with one attached hydrogen (secondary N) is 2. The first-order valence-corrected chi connectivity index (χ1v) is 8.47. The van der Waals surface area contributed by atoms with Crippen LogP contribution in [0.15, 0.2) is 47.6 Å². The Labute approximate surface area is 176 Å². The van der Waals surface area contributed by atoms with E-state index < -0.39 is 0 Å². The molecule has 6 nitrogen and oxygen atoms in total. The number of ether oxygens (including phenoxy) is 2. The summed E-state index contributed by atoms with van der Waals surface area (Å²) < 4.78 is 10.5. The van der Waals surface area contributed by atoms with Gasteiger partial charge in [-0.15, -0.1) is 24.0 Å². The summed E-state index contributed by atoms with van der Waals surface area (Å²) in [5, 5.41) is 4.35. The first-order valence-electron chi connectivity index (χ1n) is 8.47. The van der Waals surface area contributed by atoms with Gasteiger partial charge in [-0.05, 0) is 42.7 Å². The lowest BCUT2D eigenvalue weighted by Gasteiger charge is -2.11. The second-order valence-electron chi connectivity index (χ2n) is 6.02. The van der Waals surface area contributed by atoms with Crippen LogP contribution < -0.4 is 20.5 Å². The van der Waals surface area contributed by atoms with Crippen molar-refractivity contribution in [2.45, 2.75) is 13.3 Å². The van der Waals surface area contributed by atoms with E-state index in [0.717, 1.165) is 17.6 Å². The molecule has 0 aliphatic rings. The third-order valence-electron chi connectivity index (χ3n) is 4.32. The SMILES string of the molecule is COc1ccc(NC(N)=NCCc2c[nH]c3cccc(C)c23)cc1OC.I. The van der Waals surface area contributed by atoms with Crippen LogP contribution in [0, 0.1) is 6.92 Å². The fraction of sp³-hybridized carbons (Fsp3) is 0.250. The van der Waals surface area contributed by atoms with Gasteiger partial charge in [0.15, 0.2) is 17.5 Å². The quantitative estimate of drug-likeness (QED) is 0.282. The van der Waals surface area contributed by atoms with Crippen molar-refractivity contribution in [3.8, 4) is 11.5 Å². The van der Waals surface area contributed by atoms with E-state index in [1.54, 1.807) is 14.2 Å². The fourth-order valence-electron chi connectivity index (χ4n) is 3.05. The number of hydrogen-bond donors (Lipinski definition) is 3. The van der Waals surface area contributed by atoms with Crippen molar-refractivity contribution in [1.82, 2.24) is 4.98 Å². The minimum Gasteiger partial charge on any atom is -0.493 e. The molecular formula is C20H25IN4O2. The Morgan fingerprint density at radius 1 is 1.15 bits per heavy atom. The van der Waals surface area contributed by atoms with Crippen molar-refractivity contribution in [3.63, 3.8) is 0 Å². The normalized spacial score (nSPS) is 11.1. The molecule has 27 heavy (non-hydrogen) atoms. The van der Waals surface area contributed by atoms with E-state index >= 15 is 0 Å². The van der Waals surface area contributed by atoms with Crippen LogP contribution in [0.2, 0.25) is 0 Å². The van der Waals surface area contributed by atoms with Crippen LogP contribution in [-0.2, 0) is 6.42 Å². The zero-order valence-electron chi connectivity index (χ0n) is 15.7. The zero-order valence-corrected chi connectivity index (χ0v) is 18.0. The second-order valence-corrected chi connectivity index (χ2v) is 6.02. The summed E-state index contributed by atoms with van der Waals surface area (Å²) in [7, 11) is 3.20. The van der Waals surface area contributed by atoms with E-state index in [0.29, 0.717) is 24.0 Å². The number of rotatable bonds is 6. The third-order valence-corrected chi connectivity index (χ3v) is 4.32. The van der Waals surface area contributed by atoms with Crippen molar-refractivity contribution in [1.29, 1.82) is 0 Å². The van der Waals surface area contributed by atoms with E-state index in [-0.39, 0.29) is 24.0 Å². The molecular weight excluding hydrogens is 455 g/mol. The first-order chi connectivity index (χ1) is 12.6. The molecule has 2 aromatic carbocycles. The van der Waals surface area contributed by atoms with Gasteiger partial charge in [-0.1, -0.05) is 12.1 Å². The number of aliphatic imine (C=N–C) groups is 1. The monoisotopic (exact) mass is 480 g/mol. The molecule has 4 N–H and O–H groups in total. The zero-order chi connectivity index (χ0) is 18.5. The summed E-state index contributed by atoms with van der Waals surface area (Å²) in [4.78, 5) is 7.74. The number of benzene rings is 2. The molecule has 0 aliphatic heterocycles. The van der Waals surface area contributed by atoms with Gasteiger partial charge in [0.1, 0.15) is 0 Å². The Bertz CT molecular complexity index is 937. The molecule has 7 heteroatoms. The molecule has 0 atom stereocenters. The van der Waals surface area contributed by atoms with E-state index in [9.17, 15) is 0 Å². The van der Waals surface area contributed by atoms with Crippen molar-refractivity contribution in [2.24, 2.45) is 10.7 Å². The molecule has 144 valence electrons. The summed E-state index contributed by atoms with van der Waals surface area (Å²) in [6.07, 6.45) is 2.87. The van der Waals surface area contributed by atoms with Crippen LogP contribution in [0.3, 0.4) is 0 Å². The molecule has 0 aliphatic carbocycles. The molecule has 1 heterocycles. The predicted octanol–water partition coefficient (Wildman–Crippen LogP) is 4.08. The molecule has 0 unspecified atom stereocenters. The summed E-state index contributed by atoms with van der Waals surface area (Å²) in [5.41, 5.74) is 10.5. The molecule has 3 aromatic rings. The second kappa shape index (κ2) is 9.50. The minimum atomic E-state index is 0. The van der Waals surface area contributed by atoms with Gasteiger partial charge in [0.05, 0.1) is 14.2 Å². The third kappa shape index (κ3) is 4.85. The van der Waals surface area contributed by atoms with E-state index in [2.05, 4.69) is 40.4 Å². The summed E-state index contributed by atoms with van der Waals surface area (Å²) in [5.74, 6) is 1.68. The summed E-state index contributed by atoms with van der Waals surface area (Å²) in [6, 6.07) is 11.8. The number of nitrogens with two attached hydrogens (primary N) is 1. The summed E-state index contributed by atoms with van der Waals surface area (Å²) >= 11 is 0. The van der Waals surface area contributed by atoms with E-state index in [4.69, 9.17) is 15.2 Å². The Hall–Kier alpha value is -2.42. The van der Waals surface area contributed by atoms with Gasteiger partial charge in [0.25, 0.3) is 0 Å². The van der Waals surface area contributed by atoms with Crippen molar-refractivity contribution in [3.05, 3.63) is 53.7 Å². The fourth-order valence-corrected chi connectivity index (χ4v) is 3.05. The highest BCUT2D eigenvalue weighted by atomic mass is 127. The number of halogens is 1. The van der Waals surface area contributed by atoms with Crippen molar-refractivity contribution in [2.75, 3.05) is 26.1 Å². The molecule has 0 bridgehead atoms. The number of aromatic nitrogens is 1. The van der Waals surface area contributed by atoms with Gasteiger partial charge in [-0.2, -0.15) is 0 Å². The Balaban J connectivity index is 0.00000261. The topological polar surface area (TPSA) is 84.7 Å². The van der Waals surface area contributed by atoms with Crippen LogP contribution >= 0.6 is 24.0 Å². The molecule has 0 radical (unpaired) electrons. The molecule has 1 aromatic heterocycles. The number of anilines is 1. The maximum Gasteiger partial charge on any atom is 0.193 e. The maximum atomic E-state index is 6.01. The van der Waals surface area contributed by atoms with Crippen LogP contribution in [0.4, 0.5) is 5.69 Å². The van der Waals surface area contributed by atoms with Gasteiger partial charge in [-0.3, -0.25) is 4.99 Å². The van der Waals surface area contributed by atoms with Crippen LogP contribution in [-0.4, -0.2) is 31.7 Å². The smallest absolute Gasteiger partial charge is 0.193 e. The van der Waals surface area contributed by atoms with E-state index in [1.165, 1.54) is 16.5 Å². The average Bonchev–Trinajstić information content (AvgIpc) is 3.06. The number of hydrogen-bond acceptors (Lipinski definition) is 3. The molecule has 3 rings (SSSR count). The number of nitrogens with zero attached hydrogens (tertiary/aromatic N) is 1. The Kier molecular flexibility index (Phi) is 7.35. The lowest BCUT2D eigenvalue weighted by Crippen LogP contribution is -2.23. The lowest BCUT2D eigenvalue weighted by atomic mass is 10.1. The lowest BCUT2D eigenvalue weighted by molar-refractivity contribution is 0.355. The maximum absolute atomic E-state index is 6.01. The average molecular weight is 480 g/mol. The number of fused-ring (bicyclic) bond motifs is 1. The van der Waals surface area contributed by atoms with E-state index in [1.807, 2.05) is 24.4 Å². The van der Waals surface area contributed by atoms with Crippen LogP contribution in [0.1, 0.15) is 11.1 Å². The Morgan fingerprint density at radius 2 is 1.93 bits per heavy atom. The number of aromatic amines is 1. The Morgan fingerprint density at radius 3 is 2.67 bits per heavy atom. The van der Waals surface area contributed by atoms with Gasteiger partial charge in [0.2, 0.25) is 0 Å². The largest absolute Gasteiger partial charge is 0.493 e. The molecule has 0 fully saturated rings. The van der Waals surface area contributed by atoms with Gasteiger partial charge >= 0.3 is 0 Å². The van der Waals surface area contributed by atoms with Crippen LogP contribution in [0.25, 0.3) is 10.9 Å². The molecule has 0 spiro atoms. The van der Waals surface area contributed by atoms with Crippen LogP contribution in [0.5, 0.6) is 11.5 Å². The van der Waals surface area contributed by atoms with Gasteiger partial charge < -0.3 is 25.5 Å². The highest BCUT2D eigenvalue weighted by molar-refractivity contribution is 14.0. The predicted molar refractivity (Wildman–Crippen MR) is 122 cm³/mol. The van der Waals surface area contributed by atoms with Gasteiger partial charge in [0, 0.05) is 35.4 Å². The first kappa shape index (κ1) is 20.9. The molecule has 0 amide bonds. The standard InChI is InChI=1S/C20H24N4O2.HI/c1-13-5-4-6-16-19(13)14(12-23-16)9-10-22-20(21)24-15-7-8-17(25-2)18(11-15)26-3;/h4-8,11-12,23H,9-10H2,1-3H3,(H3,21,22,24);1H. The number of guanidine groups is 1. The van der Waals surface area contributed by atoms with Crippen molar-refractivity contribution >= 4 is 46.5 Å². The summed E-state index contributed by atoms with van der Waals surface area (Å²) in [6.45, 7) is 2.73. The highest BCUT2D eigenvalue weighted by Crippen LogP contribution is 2.29.